The Balaban J connectivity index is 0.000000770. The van der Waals surface area contributed by atoms with Crippen molar-refractivity contribution in [3.63, 3.8) is 0 Å². The summed E-state index contributed by atoms with van der Waals surface area (Å²) < 4.78 is 60.2. The highest BCUT2D eigenvalue weighted by atomic mass is 32.2. The number of hydrogen-bond acceptors (Lipinski definition) is 4. The topological polar surface area (TPSA) is 93.2 Å². The quantitative estimate of drug-likeness (QED) is 0.368. The van der Waals surface area contributed by atoms with Crippen LogP contribution in [-0.4, -0.2) is 20.3 Å². The Morgan fingerprint density at radius 2 is 1.65 bits per heavy atom. The van der Waals surface area contributed by atoms with Crippen molar-refractivity contribution >= 4 is 16.5 Å². The van der Waals surface area contributed by atoms with Gasteiger partial charge in [0.1, 0.15) is 5.75 Å². The molecule has 0 aliphatic heterocycles. The third-order valence-corrected chi connectivity index (χ3v) is 2.21. The molecule has 1 aromatic rings. The molecule has 0 saturated carbocycles. The molecule has 0 aliphatic carbocycles. The summed E-state index contributed by atoms with van der Waals surface area (Å²) in [6, 6.07) is 6.47. The number of alkyl halides is 3. The molecular weight excluding hydrogens is 261 g/mol. The monoisotopic (exact) mass is 270 g/mol. The first kappa shape index (κ1) is 15.2. The van der Waals surface area contributed by atoms with Gasteiger partial charge in [0.2, 0.25) is 0 Å². The van der Waals surface area contributed by atoms with E-state index in [9.17, 15) is 21.6 Å². The van der Waals surface area contributed by atoms with Crippen LogP contribution in [0.2, 0.25) is 0 Å². The number of benzene rings is 1. The van der Waals surface area contributed by atoms with E-state index < -0.39 is 15.6 Å². The lowest BCUT2D eigenvalue weighted by atomic mass is 10.3. The van der Waals surface area contributed by atoms with Crippen molar-refractivity contribution in [1.82, 2.24) is 0 Å². The lowest BCUT2D eigenvalue weighted by molar-refractivity contribution is -0.0500. The maximum atomic E-state index is 11.8. The highest BCUT2D eigenvalue weighted by Gasteiger charge is 2.48. The first-order valence-corrected chi connectivity index (χ1v) is 5.42. The van der Waals surface area contributed by atoms with Crippen LogP contribution in [0.5, 0.6) is 5.75 Å². The maximum absolute atomic E-state index is 11.8. The fourth-order valence-electron chi connectivity index (χ4n) is 0.650. The van der Waals surface area contributed by atoms with Crippen molar-refractivity contribution in [3.8, 4) is 5.75 Å². The van der Waals surface area contributed by atoms with Crippen LogP contribution in [0.1, 0.15) is 0 Å². The zero-order chi connectivity index (χ0) is 13.5. The fourth-order valence-corrected chi connectivity index (χ4v) is 1.11. The minimum atomic E-state index is -5.55. The molecule has 0 aromatic heterocycles. The number of halogens is 3. The van der Waals surface area contributed by atoms with Gasteiger partial charge in [0.15, 0.2) is 0 Å². The molecule has 0 heterocycles. The normalized spacial score (nSPS) is 11.0. The molecule has 0 bridgehead atoms. The van der Waals surface area contributed by atoms with Crippen LogP contribution in [0, 0.1) is 5.41 Å². The van der Waals surface area contributed by atoms with Crippen molar-refractivity contribution < 1.29 is 25.8 Å². The summed E-state index contributed by atoms with van der Waals surface area (Å²) in [4.78, 5) is 0. The van der Waals surface area contributed by atoms with Gasteiger partial charge in [-0.2, -0.15) is 21.6 Å². The van der Waals surface area contributed by atoms with Crippen LogP contribution >= 0.6 is 0 Å². The summed E-state index contributed by atoms with van der Waals surface area (Å²) >= 11 is 0. The summed E-state index contributed by atoms with van der Waals surface area (Å²) in [5.41, 5.74) is -1.01. The Hall–Kier alpha value is -1.77. The van der Waals surface area contributed by atoms with Crippen molar-refractivity contribution in [2.75, 3.05) is 0 Å². The smallest absolute Gasteiger partial charge is 0.390 e. The summed E-state index contributed by atoms with van der Waals surface area (Å²) in [6.07, 6.45) is 0.750. The van der Waals surface area contributed by atoms with Crippen LogP contribution in [0.4, 0.5) is 13.2 Å². The second-order valence-electron chi connectivity index (χ2n) is 2.46. The zero-order valence-corrected chi connectivity index (χ0v) is 9.12. The van der Waals surface area contributed by atoms with E-state index in [0.717, 1.165) is 18.5 Å². The van der Waals surface area contributed by atoms with E-state index in [2.05, 4.69) is 9.92 Å². The molecule has 5 nitrogen and oxygen atoms in total. The van der Waals surface area contributed by atoms with E-state index in [1.54, 1.807) is 0 Å². The molecule has 96 valence electrons. The lowest BCUT2D eigenvalue weighted by Gasteiger charge is -2.08. The number of nitrogens with one attached hydrogen (secondary N) is 1. The summed E-state index contributed by atoms with van der Waals surface area (Å²) in [7, 11) is -5.55. The molecule has 0 radical (unpaired) electrons. The summed E-state index contributed by atoms with van der Waals surface area (Å²) in [6.45, 7) is 0. The van der Waals surface area contributed by atoms with Crippen molar-refractivity contribution in [3.05, 3.63) is 30.3 Å². The molecule has 17 heavy (non-hydrogen) atoms. The second kappa shape index (κ2) is 6.09. The van der Waals surface area contributed by atoms with E-state index in [-0.39, 0.29) is 5.75 Å². The summed E-state index contributed by atoms with van der Waals surface area (Å²) in [5.74, 6) is -0.371. The van der Waals surface area contributed by atoms with E-state index in [1.807, 2.05) is 0 Å². The van der Waals surface area contributed by atoms with Gasteiger partial charge in [0, 0.05) is 0 Å². The Bertz CT molecular complexity index is 445. The van der Waals surface area contributed by atoms with Gasteiger partial charge in [-0.25, -0.2) is 0 Å². The average molecular weight is 270 g/mol. The van der Waals surface area contributed by atoms with E-state index in [0.29, 0.717) is 0 Å². The molecule has 9 heteroatoms. The number of para-hydroxylation sites is 1. The van der Waals surface area contributed by atoms with E-state index in [4.69, 9.17) is 5.41 Å². The largest absolute Gasteiger partial charge is 0.534 e. The molecule has 0 aliphatic rings. The van der Waals surface area contributed by atoms with Crippen molar-refractivity contribution in [2.45, 2.75) is 5.51 Å². The fraction of sp³-hybridized carbons (Fsp3) is 0.125. The zero-order valence-electron chi connectivity index (χ0n) is 8.31. The van der Waals surface area contributed by atoms with Gasteiger partial charge in [-0.15, -0.1) is 0 Å². The predicted molar refractivity (Wildman–Crippen MR) is 55.0 cm³/mol. The van der Waals surface area contributed by atoms with Crippen LogP contribution in [-0.2, 0) is 10.1 Å². The van der Waals surface area contributed by atoms with Crippen LogP contribution in [0.3, 0.4) is 0 Å². The Kier molecular flexibility index (Phi) is 5.45. The van der Waals surface area contributed by atoms with Gasteiger partial charge < -0.3 is 9.92 Å². The lowest BCUT2D eigenvalue weighted by Crippen LogP contribution is -2.27. The average Bonchev–Trinajstić information content (AvgIpc) is 2.17. The van der Waals surface area contributed by atoms with Crippen molar-refractivity contribution in [2.24, 2.45) is 5.73 Å². The highest BCUT2D eigenvalue weighted by Crippen LogP contribution is 2.26. The van der Waals surface area contributed by atoms with Crippen LogP contribution in [0.15, 0.2) is 30.3 Å². The third kappa shape index (κ3) is 5.20. The molecular formula is C8H9F3N2O3S. The molecule has 1 rings (SSSR count). The van der Waals surface area contributed by atoms with Gasteiger partial charge in [-0.05, 0) is 12.1 Å². The second-order valence-corrected chi connectivity index (χ2v) is 4.00. The Labute approximate surface area is 95.6 Å². The Morgan fingerprint density at radius 3 is 2.00 bits per heavy atom. The van der Waals surface area contributed by atoms with Gasteiger partial charge >= 0.3 is 15.6 Å². The van der Waals surface area contributed by atoms with Gasteiger partial charge in [-0.1, -0.05) is 18.2 Å². The minimum Gasteiger partial charge on any atom is -0.390 e. The SMILES string of the molecule is N=CN.O=S(=O)(Oc1ccccc1)C(F)(F)F. The molecule has 0 saturated heterocycles. The van der Waals surface area contributed by atoms with Crippen molar-refractivity contribution in [1.29, 1.82) is 5.41 Å². The third-order valence-electron chi connectivity index (χ3n) is 1.23. The molecule has 3 N–H and O–H groups in total. The first-order valence-electron chi connectivity index (χ1n) is 4.01. The molecule has 1 aromatic carbocycles. The molecule has 0 amide bonds. The van der Waals surface area contributed by atoms with Crippen LogP contribution in [0.25, 0.3) is 0 Å². The predicted octanol–water partition coefficient (Wildman–Crippen LogP) is 1.47. The van der Waals surface area contributed by atoms with Gasteiger partial charge in [0.05, 0.1) is 6.34 Å². The molecule has 0 fully saturated rings. The van der Waals surface area contributed by atoms with Crippen LogP contribution < -0.4 is 9.92 Å². The number of hydrogen-bond donors (Lipinski definition) is 2. The summed E-state index contributed by atoms with van der Waals surface area (Å²) in [5, 5.41) is 5.86. The molecule has 0 unspecified atom stereocenters. The first-order chi connectivity index (χ1) is 7.74. The molecule has 0 atom stereocenters. The highest BCUT2D eigenvalue weighted by molar-refractivity contribution is 7.87. The number of rotatable bonds is 2. The van der Waals surface area contributed by atoms with E-state index in [1.165, 1.54) is 18.2 Å². The minimum absolute atomic E-state index is 0.371. The standard InChI is InChI=1S/C7H5F3O3S.CH4N2/c8-7(9,10)14(11,12)13-6-4-2-1-3-5-6;2-1-3/h1-5H;1H,(H3,2,3). The molecule has 0 spiro atoms. The van der Waals surface area contributed by atoms with Gasteiger partial charge in [0.25, 0.3) is 0 Å². The van der Waals surface area contributed by atoms with E-state index >= 15 is 0 Å². The maximum Gasteiger partial charge on any atom is 0.534 e. The number of nitrogens with two attached hydrogens (primary N) is 1. The Morgan fingerprint density at radius 1 is 1.24 bits per heavy atom. The van der Waals surface area contributed by atoms with Gasteiger partial charge in [-0.3, -0.25) is 5.41 Å².